The molecule has 1 aliphatic heterocycles. The van der Waals surface area contributed by atoms with Crippen LogP contribution in [0.1, 0.15) is 50.6 Å². The van der Waals surface area contributed by atoms with Crippen molar-refractivity contribution in [2.24, 2.45) is 5.92 Å². The van der Waals surface area contributed by atoms with Gasteiger partial charge in [-0.1, -0.05) is 0 Å². The van der Waals surface area contributed by atoms with Crippen molar-refractivity contribution in [1.29, 1.82) is 0 Å². The van der Waals surface area contributed by atoms with E-state index in [0.717, 1.165) is 19.3 Å². The molecule has 0 aliphatic carbocycles. The lowest BCUT2D eigenvalue weighted by Crippen LogP contribution is -2.41. The van der Waals surface area contributed by atoms with Crippen LogP contribution in [0.3, 0.4) is 0 Å². The molecule has 1 amide bonds. The average molecular weight is 337 g/mol. The summed E-state index contributed by atoms with van der Waals surface area (Å²) < 4.78 is 15.9. The molecule has 1 aromatic heterocycles. The van der Waals surface area contributed by atoms with Crippen molar-refractivity contribution >= 4 is 11.9 Å². The summed E-state index contributed by atoms with van der Waals surface area (Å²) in [6.45, 7) is 7.64. The number of rotatable bonds is 6. The molecule has 6 nitrogen and oxygen atoms in total. The van der Waals surface area contributed by atoms with Crippen LogP contribution in [0.15, 0.2) is 22.8 Å². The summed E-state index contributed by atoms with van der Waals surface area (Å²) >= 11 is 0. The van der Waals surface area contributed by atoms with Crippen LogP contribution < -0.4 is 0 Å². The maximum Gasteiger partial charge on any atom is 0.410 e. The first-order chi connectivity index (χ1) is 11.3. The summed E-state index contributed by atoms with van der Waals surface area (Å²) in [4.78, 5) is 25.5. The summed E-state index contributed by atoms with van der Waals surface area (Å²) in [6.07, 6.45) is 4.02. The van der Waals surface area contributed by atoms with E-state index < -0.39 is 5.60 Å². The highest BCUT2D eigenvalue weighted by atomic mass is 16.6. The van der Waals surface area contributed by atoms with Crippen LogP contribution >= 0.6 is 0 Å². The van der Waals surface area contributed by atoms with Crippen LogP contribution in [0.25, 0.3) is 0 Å². The Morgan fingerprint density at radius 1 is 1.29 bits per heavy atom. The minimum Gasteiger partial charge on any atom is -0.461 e. The normalized spacial score (nSPS) is 16.2. The van der Waals surface area contributed by atoms with Crippen molar-refractivity contribution in [2.75, 3.05) is 26.3 Å². The number of piperidine rings is 1. The summed E-state index contributed by atoms with van der Waals surface area (Å²) in [7, 11) is 0. The van der Waals surface area contributed by atoms with Gasteiger partial charge in [-0.15, -0.1) is 0 Å². The zero-order chi connectivity index (χ0) is 17.6. The predicted molar refractivity (Wildman–Crippen MR) is 89.0 cm³/mol. The highest BCUT2D eigenvalue weighted by molar-refractivity contribution is 5.94. The number of carbonyl (C=O) groups excluding carboxylic acids is 2. The summed E-state index contributed by atoms with van der Waals surface area (Å²) in [5.74, 6) is 0.711. The molecule has 0 saturated carbocycles. The van der Waals surface area contributed by atoms with Gasteiger partial charge in [0.25, 0.3) is 0 Å². The van der Waals surface area contributed by atoms with Gasteiger partial charge in [0, 0.05) is 19.7 Å². The van der Waals surface area contributed by atoms with Crippen LogP contribution in [-0.2, 0) is 9.47 Å². The van der Waals surface area contributed by atoms with Gasteiger partial charge >= 0.3 is 6.09 Å². The van der Waals surface area contributed by atoms with Gasteiger partial charge in [-0.2, -0.15) is 0 Å². The Hall–Kier alpha value is -1.82. The summed E-state index contributed by atoms with van der Waals surface area (Å²) in [6, 6.07) is 3.32. The Morgan fingerprint density at radius 2 is 2.00 bits per heavy atom. The van der Waals surface area contributed by atoms with Crippen molar-refractivity contribution in [3.63, 3.8) is 0 Å². The van der Waals surface area contributed by atoms with E-state index in [0.29, 0.717) is 31.4 Å². The number of hydrogen-bond acceptors (Lipinski definition) is 5. The predicted octanol–water partition coefficient (Wildman–Crippen LogP) is 3.52. The number of Topliss-reactive ketones (excluding diaryl/α,β-unsaturated/α-hetero) is 1. The second-order valence-corrected chi connectivity index (χ2v) is 7.15. The van der Waals surface area contributed by atoms with E-state index in [1.807, 2.05) is 20.8 Å². The minimum atomic E-state index is -0.456. The number of furan rings is 1. The summed E-state index contributed by atoms with van der Waals surface area (Å²) in [5.41, 5.74) is -0.456. The first-order valence-corrected chi connectivity index (χ1v) is 8.47. The first-order valence-electron chi connectivity index (χ1n) is 8.47. The highest BCUT2D eigenvalue weighted by Crippen LogP contribution is 2.22. The van der Waals surface area contributed by atoms with Crippen molar-refractivity contribution in [1.82, 2.24) is 4.90 Å². The Labute approximate surface area is 143 Å². The molecule has 0 radical (unpaired) electrons. The number of ether oxygens (including phenoxy) is 2. The average Bonchev–Trinajstić information content (AvgIpc) is 3.04. The molecule has 1 aromatic rings. The fraction of sp³-hybridized carbons (Fsp3) is 0.667. The Bertz CT molecular complexity index is 524. The molecule has 24 heavy (non-hydrogen) atoms. The highest BCUT2D eigenvalue weighted by Gasteiger charge is 2.26. The lowest BCUT2D eigenvalue weighted by atomic mass is 9.94. The van der Waals surface area contributed by atoms with Crippen molar-refractivity contribution in [3.8, 4) is 0 Å². The Morgan fingerprint density at radius 3 is 2.58 bits per heavy atom. The number of ketones is 1. The number of nitrogens with zero attached hydrogens (tertiary/aromatic N) is 1. The summed E-state index contributed by atoms with van der Waals surface area (Å²) in [5, 5.41) is 0. The molecular weight excluding hydrogens is 310 g/mol. The molecule has 2 rings (SSSR count). The third-order valence-electron chi connectivity index (χ3n) is 3.97. The molecule has 0 atom stereocenters. The fourth-order valence-electron chi connectivity index (χ4n) is 2.65. The quantitative estimate of drug-likeness (QED) is 0.587. The molecule has 134 valence electrons. The van der Waals surface area contributed by atoms with Crippen LogP contribution in [0, 0.1) is 5.92 Å². The standard InChI is InChI=1S/C18H27NO5/c1-18(2,3)24-17(21)19-9-6-14(7-10-19)8-12-22-13-15(20)16-5-4-11-23-16/h4-5,11,14H,6-10,12-13H2,1-3H3. The molecule has 1 fully saturated rings. The van der Waals surface area contributed by atoms with E-state index in [-0.39, 0.29) is 18.5 Å². The second kappa shape index (κ2) is 8.33. The van der Waals surface area contributed by atoms with Gasteiger partial charge in [-0.25, -0.2) is 4.79 Å². The van der Waals surface area contributed by atoms with E-state index in [4.69, 9.17) is 13.9 Å². The first kappa shape index (κ1) is 18.5. The topological polar surface area (TPSA) is 69.0 Å². The molecule has 0 aromatic carbocycles. The monoisotopic (exact) mass is 337 g/mol. The third-order valence-corrected chi connectivity index (χ3v) is 3.97. The Kier molecular flexibility index (Phi) is 6.43. The van der Waals surface area contributed by atoms with Gasteiger partial charge in [0.2, 0.25) is 5.78 Å². The van der Waals surface area contributed by atoms with Crippen molar-refractivity contribution in [2.45, 2.75) is 45.6 Å². The van der Waals surface area contributed by atoms with Crippen molar-refractivity contribution in [3.05, 3.63) is 24.2 Å². The molecular formula is C18H27NO5. The van der Waals surface area contributed by atoms with Crippen LogP contribution in [0.5, 0.6) is 0 Å². The van der Waals surface area contributed by atoms with Gasteiger partial charge in [0.15, 0.2) is 5.76 Å². The molecule has 0 unspecified atom stereocenters. The SMILES string of the molecule is CC(C)(C)OC(=O)N1CCC(CCOCC(=O)c2ccco2)CC1. The molecule has 0 bridgehead atoms. The van der Waals surface area contributed by atoms with Crippen LogP contribution in [-0.4, -0.2) is 48.7 Å². The van der Waals surface area contributed by atoms with Gasteiger partial charge in [-0.05, 0) is 58.1 Å². The third kappa shape index (κ3) is 6.00. The molecule has 2 heterocycles. The van der Waals surface area contributed by atoms with E-state index in [1.165, 1.54) is 6.26 Å². The van der Waals surface area contributed by atoms with Crippen LogP contribution in [0.4, 0.5) is 4.79 Å². The van der Waals surface area contributed by atoms with E-state index in [2.05, 4.69) is 0 Å². The second-order valence-electron chi connectivity index (χ2n) is 7.15. The maximum atomic E-state index is 12.0. The van der Waals surface area contributed by atoms with Gasteiger partial charge in [0.05, 0.1) is 6.26 Å². The molecule has 0 N–H and O–H groups in total. The Balaban J connectivity index is 1.60. The number of hydrogen-bond donors (Lipinski definition) is 0. The minimum absolute atomic E-state index is 0.0459. The number of likely N-dealkylation sites (tertiary alicyclic amines) is 1. The molecule has 0 spiro atoms. The van der Waals surface area contributed by atoms with Gasteiger partial charge in [-0.3, -0.25) is 4.79 Å². The number of carbonyl (C=O) groups is 2. The fourth-order valence-corrected chi connectivity index (χ4v) is 2.65. The van der Waals surface area contributed by atoms with E-state index in [1.54, 1.807) is 17.0 Å². The zero-order valence-electron chi connectivity index (χ0n) is 14.7. The molecule has 1 saturated heterocycles. The van der Waals surface area contributed by atoms with Crippen molar-refractivity contribution < 1.29 is 23.5 Å². The largest absolute Gasteiger partial charge is 0.461 e. The smallest absolute Gasteiger partial charge is 0.410 e. The molecule has 1 aliphatic rings. The lowest BCUT2D eigenvalue weighted by molar-refractivity contribution is 0.0166. The molecule has 6 heteroatoms. The van der Waals surface area contributed by atoms with E-state index >= 15 is 0 Å². The number of amides is 1. The lowest BCUT2D eigenvalue weighted by Gasteiger charge is -2.33. The maximum absolute atomic E-state index is 12.0. The van der Waals surface area contributed by atoms with Gasteiger partial charge in [0.1, 0.15) is 12.2 Å². The van der Waals surface area contributed by atoms with E-state index in [9.17, 15) is 9.59 Å². The zero-order valence-corrected chi connectivity index (χ0v) is 14.7. The van der Waals surface area contributed by atoms with Gasteiger partial charge < -0.3 is 18.8 Å². The van der Waals surface area contributed by atoms with Crippen LogP contribution in [0.2, 0.25) is 0 Å².